The predicted molar refractivity (Wildman–Crippen MR) is 124 cm³/mol. The van der Waals surface area contributed by atoms with Crippen LogP contribution in [0.5, 0.6) is 5.88 Å². The molecule has 1 saturated carbocycles. The molecule has 2 amide bonds. The van der Waals surface area contributed by atoms with Crippen LogP contribution in [0, 0.1) is 0 Å². The highest BCUT2D eigenvalue weighted by atomic mass is 16.5. The molecule has 186 valence electrons. The molecule has 2 fully saturated rings. The van der Waals surface area contributed by atoms with Crippen LogP contribution in [-0.4, -0.2) is 85.7 Å². The number of amides is 2. The van der Waals surface area contributed by atoms with Crippen LogP contribution in [0.1, 0.15) is 50.9 Å². The van der Waals surface area contributed by atoms with Gasteiger partial charge in [0.15, 0.2) is 0 Å². The number of ether oxygens (including phenoxy) is 3. The molecule has 3 N–H and O–H groups in total. The summed E-state index contributed by atoms with van der Waals surface area (Å²) in [7, 11) is 3.21. The summed E-state index contributed by atoms with van der Waals surface area (Å²) in [6.45, 7) is 3.82. The Bertz CT molecular complexity index is 780. The molecule has 1 aromatic rings. The first kappa shape index (κ1) is 26.8. The Morgan fingerprint density at radius 1 is 1.36 bits per heavy atom. The number of carbonyl (C=O) groups is 2. The third-order valence-corrected chi connectivity index (χ3v) is 5.80. The van der Waals surface area contributed by atoms with Crippen molar-refractivity contribution in [3.05, 3.63) is 23.4 Å². The van der Waals surface area contributed by atoms with Gasteiger partial charge >= 0.3 is 6.09 Å². The normalized spacial score (nSPS) is 20.9. The summed E-state index contributed by atoms with van der Waals surface area (Å²) in [4.78, 5) is 30.5. The number of hydrogen-bond donors (Lipinski definition) is 3. The second-order valence-electron chi connectivity index (χ2n) is 8.30. The number of morpholine rings is 1. The SMILES string of the molecule is C.COC[C@H]1CO[C@@H](C(=O)N(C2CC2)[C@H](C)c2cc(CCCNC(=O)O)nc(OC)c2)CN1. The van der Waals surface area contributed by atoms with Crippen molar-refractivity contribution in [2.75, 3.05) is 40.5 Å². The number of nitrogens with one attached hydrogen (secondary N) is 2. The number of rotatable bonds is 11. The monoisotopic (exact) mass is 466 g/mol. The molecule has 0 spiro atoms. The van der Waals surface area contributed by atoms with Gasteiger partial charge in [-0.05, 0) is 44.2 Å². The van der Waals surface area contributed by atoms with Crippen molar-refractivity contribution < 1.29 is 28.9 Å². The van der Waals surface area contributed by atoms with E-state index in [0.29, 0.717) is 45.0 Å². The molecule has 1 aliphatic heterocycles. The highest BCUT2D eigenvalue weighted by Crippen LogP contribution is 2.36. The zero-order valence-electron chi connectivity index (χ0n) is 19.0. The molecular weight excluding hydrogens is 428 g/mol. The van der Waals surface area contributed by atoms with Gasteiger partial charge in [-0.25, -0.2) is 9.78 Å². The zero-order chi connectivity index (χ0) is 23.1. The molecule has 0 radical (unpaired) electrons. The average Bonchev–Trinajstić information content (AvgIpc) is 3.62. The van der Waals surface area contributed by atoms with Crippen molar-refractivity contribution in [3.63, 3.8) is 0 Å². The smallest absolute Gasteiger partial charge is 0.404 e. The lowest BCUT2D eigenvalue weighted by atomic mass is 10.0. The first-order valence-corrected chi connectivity index (χ1v) is 11.1. The van der Waals surface area contributed by atoms with Crippen LogP contribution in [0.3, 0.4) is 0 Å². The van der Waals surface area contributed by atoms with E-state index < -0.39 is 12.2 Å². The third kappa shape index (κ3) is 7.55. The van der Waals surface area contributed by atoms with Gasteiger partial charge in [0.1, 0.15) is 6.10 Å². The number of nitrogens with zero attached hydrogens (tertiary/aromatic N) is 2. The van der Waals surface area contributed by atoms with Gasteiger partial charge in [0.25, 0.3) is 5.91 Å². The summed E-state index contributed by atoms with van der Waals surface area (Å²) in [5.41, 5.74) is 1.75. The van der Waals surface area contributed by atoms with Gasteiger partial charge in [-0.3, -0.25) is 4.79 Å². The number of carbonyl (C=O) groups excluding carboxylic acids is 1. The van der Waals surface area contributed by atoms with Gasteiger partial charge in [0.05, 0.1) is 32.4 Å². The fourth-order valence-electron chi connectivity index (χ4n) is 3.98. The number of methoxy groups -OCH3 is 2. The first-order chi connectivity index (χ1) is 15.4. The summed E-state index contributed by atoms with van der Waals surface area (Å²) in [5, 5.41) is 14.4. The Morgan fingerprint density at radius 2 is 2.12 bits per heavy atom. The summed E-state index contributed by atoms with van der Waals surface area (Å²) in [6.07, 6.45) is 1.64. The lowest BCUT2D eigenvalue weighted by molar-refractivity contribution is -0.150. The Hall–Kier alpha value is -2.43. The van der Waals surface area contributed by atoms with Crippen LogP contribution < -0.4 is 15.4 Å². The molecule has 0 aromatic carbocycles. The highest BCUT2D eigenvalue weighted by Gasteiger charge is 2.40. The molecule has 2 aliphatic rings. The van der Waals surface area contributed by atoms with Gasteiger partial charge < -0.3 is 34.9 Å². The maximum Gasteiger partial charge on any atom is 0.404 e. The number of hydrogen-bond acceptors (Lipinski definition) is 7. The highest BCUT2D eigenvalue weighted by molar-refractivity contribution is 5.82. The van der Waals surface area contributed by atoms with Crippen molar-refractivity contribution in [3.8, 4) is 5.88 Å². The zero-order valence-corrected chi connectivity index (χ0v) is 19.0. The van der Waals surface area contributed by atoms with Gasteiger partial charge in [0, 0.05) is 38.0 Å². The number of pyridine rings is 1. The van der Waals surface area contributed by atoms with Gasteiger partial charge in [0.2, 0.25) is 5.88 Å². The number of carboxylic acid groups (broad SMARTS) is 1. The summed E-state index contributed by atoms with van der Waals surface area (Å²) in [6, 6.07) is 3.98. The predicted octanol–water partition coefficient (Wildman–Crippen LogP) is 1.98. The molecule has 10 heteroatoms. The van der Waals surface area contributed by atoms with Crippen molar-refractivity contribution in [1.82, 2.24) is 20.5 Å². The first-order valence-electron chi connectivity index (χ1n) is 11.1. The van der Waals surface area contributed by atoms with Crippen LogP contribution >= 0.6 is 0 Å². The fraction of sp³-hybridized carbons (Fsp3) is 0.696. The third-order valence-electron chi connectivity index (χ3n) is 5.80. The van der Waals surface area contributed by atoms with E-state index in [1.54, 1.807) is 14.2 Å². The molecule has 0 unspecified atom stereocenters. The van der Waals surface area contributed by atoms with E-state index in [2.05, 4.69) is 15.6 Å². The topological polar surface area (TPSA) is 122 Å². The molecular formula is C23H38N4O6. The molecule has 33 heavy (non-hydrogen) atoms. The van der Waals surface area contributed by atoms with E-state index in [4.69, 9.17) is 19.3 Å². The minimum absolute atomic E-state index is 0. The molecule has 1 saturated heterocycles. The molecule has 10 nitrogen and oxygen atoms in total. The van der Waals surface area contributed by atoms with Gasteiger partial charge in [-0.1, -0.05) is 7.43 Å². The Morgan fingerprint density at radius 3 is 2.70 bits per heavy atom. The van der Waals surface area contributed by atoms with Gasteiger partial charge in [-0.2, -0.15) is 0 Å². The van der Waals surface area contributed by atoms with Crippen LogP contribution in [0.15, 0.2) is 12.1 Å². The largest absolute Gasteiger partial charge is 0.481 e. The number of aryl methyl sites for hydroxylation is 1. The van der Waals surface area contributed by atoms with Crippen LogP contribution in [0.25, 0.3) is 0 Å². The summed E-state index contributed by atoms with van der Waals surface area (Å²) >= 11 is 0. The van der Waals surface area contributed by atoms with Crippen molar-refractivity contribution in [2.24, 2.45) is 0 Å². The van der Waals surface area contributed by atoms with E-state index in [9.17, 15) is 9.59 Å². The van der Waals surface area contributed by atoms with Crippen molar-refractivity contribution >= 4 is 12.0 Å². The van der Waals surface area contributed by atoms with E-state index in [-0.39, 0.29) is 31.5 Å². The van der Waals surface area contributed by atoms with E-state index in [1.807, 2.05) is 24.0 Å². The Labute approximate surface area is 196 Å². The van der Waals surface area contributed by atoms with Crippen molar-refractivity contribution in [2.45, 2.75) is 64.3 Å². The number of aromatic nitrogens is 1. The molecule has 3 atom stereocenters. The average molecular weight is 467 g/mol. The molecule has 2 heterocycles. The standard InChI is InChI=1S/C22H34N4O6.CH4/c1-14(15-9-16(25-20(10-15)31-3)5-4-8-23-22(28)29)26(18-6-7-18)21(27)19-11-24-17(12-30-2)13-32-19;/h9-10,14,17-19,23-24H,4-8,11-13H2,1-3H3,(H,28,29);1H4/t14-,17+,19-;/m1./s1. The van der Waals surface area contributed by atoms with Crippen LogP contribution in [-0.2, 0) is 20.7 Å². The van der Waals surface area contributed by atoms with E-state index >= 15 is 0 Å². The van der Waals surface area contributed by atoms with Crippen molar-refractivity contribution in [1.29, 1.82) is 0 Å². The second kappa shape index (κ2) is 12.7. The lowest BCUT2D eigenvalue weighted by Crippen LogP contribution is -2.55. The van der Waals surface area contributed by atoms with E-state index in [1.165, 1.54) is 0 Å². The molecule has 1 aromatic heterocycles. The Kier molecular flexibility index (Phi) is 10.3. The summed E-state index contributed by atoms with van der Waals surface area (Å²) in [5.74, 6) is 0.475. The quantitative estimate of drug-likeness (QED) is 0.423. The fourth-order valence-corrected chi connectivity index (χ4v) is 3.98. The maximum atomic E-state index is 13.4. The van der Waals surface area contributed by atoms with Crippen LogP contribution in [0.4, 0.5) is 4.79 Å². The lowest BCUT2D eigenvalue weighted by Gasteiger charge is -2.36. The summed E-state index contributed by atoms with van der Waals surface area (Å²) < 4.78 is 16.4. The van der Waals surface area contributed by atoms with Gasteiger partial charge in [-0.15, -0.1) is 0 Å². The van der Waals surface area contributed by atoms with E-state index in [0.717, 1.165) is 24.1 Å². The van der Waals surface area contributed by atoms with Crippen LogP contribution in [0.2, 0.25) is 0 Å². The molecule has 0 bridgehead atoms. The minimum Gasteiger partial charge on any atom is -0.481 e. The Balaban J connectivity index is 0.00000385. The molecule has 1 aliphatic carbocycles. The minimum atomic E-state index is -1.04. The second-order valence-corrected chi connectivity index (χ2v) is 8.30. The molecule has 3 rings (SSSR count). The maximum absolute atomic E-state index is 13.4.